The maximum Gasteiger partial charge on any atom is 0.114 e. The molecule has 14 heavy (non-hydrogen) atoms. The van der Waals surface area contributed by atoms with Crippen LogP contribution in [0.25, 0.3) is 0 Å². The number of ether oxygens (including phenoxy) is 2. The molecule has 0 amide bonds. The van der Waals surface area contributed by atoms with Gasteiger partial charge in [-0.05, 0) is 44.4 Å². The number of epoxide rings is 1. The van der Waals surface area contributed by atoms with E-state index in [-0.39, 0.29) is 0 Å². The van der Waals surface area contributed by atoms with Crippen LogP contribution in [0.2, 0.25) is 0 Å². The normalized spacial score (nSPS) is 60.0. The van der Waals surface area contributed by atoms with Crippen LogP contribution in [-0.2, 0) is 9.47 Å². The molecule has 0 N–H and O–H groups in total. The van der Waals surface area contributed by atoms with Gasteiger partial charge in [0.1, 0.15) is 11.7 Å². The Bertz CT molecular complexity index is 263. The van der Waals surface area contributed by atoms with Crippen molar-refractivity contribution in [3.05, 3.63) is 0 Å². The molecule has 2 saturated carbocycles. The molecule has 4 bridgehead atoms. The zero-order chi connectivity index (χ0) is 9.17. The lowest BCUT2D eigenvalue weighted by Crippen LogP contribution is -2.34. The summed E-state index contributed by atoms with van der Waals surface area (Å²) in [6.45, 7) is 0. The van der Waals surface area contributed by atoms with Crippen molar-refractivity contribution in [2.75, 3.05) is 0 Å². The van der Waals surface area contributed by atoms with Crippen molar-refractivity contribution >= 4 is 0 Å². The van der Waals surface area contributed by atoms with E-state index >= 15 is 0 Å². The highest BCUT2D eigenvalue weighted by atomic mass is 16.6. The number of rotatable bonds is 0. The van der Waals surface area contributed by atoms with E-state index in [4.69, 9.17) is 9.47 Å². The lowest BCUT2D eigenvalue weighted by atomic mass is 9.73. The Morgan fingerprint density at radius 1 is 1.07 bits per heavy atom. The second-order valence-electron chi connectivity index (χ2n) is 5.55. The lowest BCUT2D eigenvalue weighted by molar-refractivity contribution is -0.0502. The molecule has 2 heterocycles. The molecule has 4 fully saturated rings. The molecule has 2 saturated heterocycles. The van der Waals surface area contributed by atoms with Crippen molar-refractivity contribution in [1.29, 1.82) is 0 Å². The van der Waals surface area contributed by atoms with Gasteiger partial charge in [-0.15, -0.1) is 0 Å². The average Bonchev–Trinajstić information content (AvgIpc) is 2.94. The first-order chi connectivity index (χ1) is 6.88. The quantitative estimate of drug-likeness (QED) is 0.552. The maximum absolute atomic E-state index is 6.18. The van der Waals surface area contributed by atoms with Gasteiger partial charge in [0.2, 0.25) is 0 Å². The first-order valence-corrected chi connectivity index (χ1v) is 6.22. The Morgan fingerprint density at radius 3 is 3.07 bits per heavy atom. The van der Waals surface area contributed by atoms with Gasteiger partial charge in [0.05, 0.1) is 12.2 Å². The average molecular weight is 194 g/mol. The van der Waals surface area contributed by atoms with E-state index in [9.17, 15) is 0 Å². The van der Waals surface area contributed by atoms with E-state index in [2.05, 4.69) is 0 Å². The highest BCUT2D eigenvalue weighted by Gasteiger charge is 2.67. The zero-order valence-corrected chi connectivity index (χ0v) is 8.58. The van der Waals surface area contributed by atoms with Crippen LogP contribution < -0.4 is 0 Å². The number of hydrogen-bond acceptors (Lipinski definition) is 2. The van der Waals surface area contributed by atoms with Crippen LogP contribution in [-0.4, -0.2) is 23.9 Å². The van der Waals surface area contributed by atoms with Crippen molar-refractivity contribution in [3.63, 3.8) is 0 Å². The highest BCUT2D eigenvalue weighted by Crippen LogP contribution is 2.59. The fourth-order valence-electron chi connectivity index (χ4n) is 4.16. The van der Waals surface area contributed by atoms with Gasteiger partial charge in [0.15, 0.2) is 0 Å². The van der Waals surface area contributed by atoms with E-state index < -0.39 is 0 Å². The molecule has 5 atom stereocenters. The molecule has 78 valence electrons. The van der Waals surface area contributed by atoms with Crippen LogP contribution in [0.5, 0.6) is 0 Å². The fourth-order valence-corrected chi connectivity index (χ4v) is 4.16. The molecule has 0 aromatic heterocycles. The summed E-state index contributed by atoms with van der Waals surface area (Å²) >= 11 is 0. The van der Waals surface area contributed by atoms with Crippen LogP contribution in [0.4, 0.5) is 0 Å². The first kappa shape index (κ1) is 8.12. The van der Waals surface area contributed by atoms with Gasteiger partial charge >= 0.3 is 0 Å². The monoisotopic (exact) mass is 194 g/mol. The lowest BCUT2D eigenvalue weighted by Gasteiger charge is -2.30. The van der Waals surface area contributed by atoms with Crippen LogP contribution in [0, 0.1) is 5.92 Å². The van der Waals surface area contributed by atoms with E-state index in [0.29, 0.717) is 23.9 Å². The summed E-state index contributed by atoms with van der Waals surface area (Å²) in [7, 11) is 0. The Balaban J connectivity index is 1.72. The molecule has 2 nitrogen and oxygen atoms in total. The maximum atomic E-state index is 6.18. The summed E-state index contributed by atoms with van der Waals surface area (Å²) in [5.41, 5.74) is 0.304. The van der Waals surface area contributed by atoms with Crippen LogP contribution in [0.3, 0.4) is 0 Å². The number of fused-ring (bicyclic) bond motifs is 2. The molecular formula is C12H18O2. The van der Waals surface area contributed by atoms with Gasteiger partial charge in [0.25, 0.3) is 0 Å². The van der Waals surface area contributed by atoms with Crippen molar-refractivity contribution < 1.29 is 9.47 Å². The molecule has 2 heteroatoms. The van der Waals surface area contributed by atoms with Gasteiger partial charge < -0.3 is 9.47 Å². The molecule has 2 aliphatic carbocycles. The van der Waals surface area contributed by atoms with Crippen LogP contribution in [0.15, 0.2) is 0 Å². The Kier molecular flexibility index (Phi) is 1.47. The van der Waals surface area contributed by atoms with Crippen molar-refractivity contribution in [2.45, 2.75) is 68.9 Å². The minimum atomic E-state index is 0.304. The molecule has 5 unspecified atom stereocenters. The minimum Gasteiger partial charge on any atom is -0.372 e. The van der Waals surface area contributed by atoms with E-state index in [1.54, 1.807) is 0 Å². The predicted octanol–water partition coefficient (Wildman–Crippen LogP) is 2.27. The first-order valence-electron chi connectivity index (χ1n) is 6.22. The molecule has 4 aliphatic rings. The van der Waals surface area contributed by atoms with Gasteiger partial charge in [-0.3, -0.25) is 0 Å². The molecule has 0 spiro atoms. The van der Waals surface area contributed by atoms with E-state index in [0.717, 1.165) is 5.92 Å². The van der Waals surface area contributed by atoms with Crippen molar-refractivity contribution in [3.8, 4) is 0 Å². The van der Waals surface area contributed by atoms with Gasteiger partial charge in [-0.25, -0.2) is 0 Å². The molecule has 0 aromatic rings. The number of hydrogen-bond donors (Lipinski definition) is 0. The van der Waals surface area contributed by atoms with Gasteiger partial charge in [-0.1, -0.05) is 6.42 Å². The smallest absolute Gasteiger partial charge is 0.114 e. The third-order valence-electron chi connectivity index (χ3n) is 4.85. The second-order valence-corrected chi connectivity index (χ2v) is 5.55. The largest absolute Gasteiger partial charge is 0.372 e. The molecular weight excluding hydrogens is 176 g/mol. The topological polar surface area (TPSA) is 21.8 Å². The molecule has 0 aromatic carbocycles. The third kappa shape index (κ3) is 0.892. The summed E-state index contributed by atoms with van der Waals surface area (Å²) in [4.78, 5) is 0. The Labute approximate surface area is 85.0 Å². The minimum absolute atomic E-state index is 0.304. The summed E-state index contributed by atoms with van der Waals surface area (Å²) in [6, 6.07) is 0. The second kappa shape index (κ2) is 2.53. The standard InChI is InChI=1S/C12H18O2/c1-3-8-7-9(4-1)13-10-5-2-6-12(8)11(10)14-12/h8-11H,1-7H2. The summed E-state index contributed by atoms with van der Waals surface area (Å²) in [5, 5.41) is 0. The third-order valence-corrected chi connectivity index (χ3v) is 4.85. The SMILES string of the molecule is C1CC2CC(C1)C13CCCC(O2)C1O3. The van der Waals surface area contributed by atoms with Crippen LogP contribution in [0.1, 0.15) is 44.9 Å². The Hall–Kier alpha value is -0.0800. The van der Waals surface area contributed by atoms with E-state index in [1.807, 2.05) is 0 Å². The summed E-state index contributed by atoms with van der Waals surface area (Å²) < 4.78 is 12.2. The van der Waals surface area contributed by atoms with Gasteiger partial charge in [-0.2, -0.15) is 0 Å². The summed E-state index contributed by atoms with van der Waals surface area (Å²) in [5.74, 6) is 0.830. The zero-order valence-electron chi connectivity index (χ0n) is 8.58. The fraction of sp³-hybridized carbons (Fsp3) is 1.00. The molecule has 4 rings (SSSR count). The molecule has 2 aliphatic heterocycles. The van der Waals surface area contributed by atoms with Crippen molar-refractivity contribution in [1.82, 2.24) is 0 Å². The highest BCUT2D eigenvalue weighted by molar-refractivity contribution is 5.15. The predicted molar refractivity (Wildman–Crippen MR) is 52.1 cm³/mol. The molecule has 0 radical (unpaired) electrons. The van der Waals surface area contributed by atoms with Gasteiger partial charge in [0, 0.05) is 0 Å². The van der Waals surface area contributed by atoms with Crippen LogP contribution >= 0.6 is 0 Å². The summed E-state index contributed by atoms with van der Waals surface area (Å²) in [6.07, 6.45) is 10.7. The van der Waals surface area contributed by atoms with E-state index in [1.165, 1.54) is 44.9 Å². The Morgan fingerprint density at radius 2 is 2.07 bits per heavy atom. The van der Waals surface area contributed by atoms with Crippen molar-refractivity contribution in [2.24, 2.45) is 5.92 Å².